The molecule has 2 N–H and O–H groups in total. The summed E-state index contributed by atoms with van der Waals surface area (Å²) in [5.74, 6) is -1.17. The molecule has 1 saturated heterocycles. The number of thiazole rings is 1. The predicted molar refractivity (Wildman–Crippen MR) is 105 cm³/mol. The first-order valence-electron chi connectivity index (χ1n) is 9.27. The Bertz CT molecular complexity index is 895. The molecule has 0 unspecified atom stereocenters. The fraction of sp³-hybridized carbons (Fsp3) is 0.421. The molecule has 2 amide bonds. The Morgan fingerprint density at radius 3 is 2.82 bits per heavy atom. The molecule has 4 rings (SSSR count). The van der Waals surface area contributed by atoms with Crippen LogP contribution in [0, 0.1) is 5.82 Å². The number of urea groups is 1. The normalized spacial score (nSPS) is 16.9. The van der Waals surface area contributed by atoms with Crippen LogP contribution < -0.4 is 10.2 Å². The van der Waals surface area contributed by atoms with E-state index < -0.39 is 5.97 Å². The molecule has 0 aliphatic carbocycles. The highest BCUT2D eigenvalue weighted by molar-refractivity contribution is 7.13. The van der Waals surface area contributed by atoms with Crippen LogP contribution in [0.4, 0.5) is 20.0 Å². The van der Waals surface area contributed by atoms with Crippen molar-refractivity contribution in [3.05, 3.63) is 40.7 Å². The number of nitrogens with one attached hydrogen (secondary N) is 1. The molecule has 2 aromatic rings. The minimum atomic E-state index is -0.950. The van der Waals surface area contributed by atoms with Crippen molar-refractivity contribution in [2.45, 2.75) is 31.7 Å². The highest BCUT2D eigenvalue weighted by Crippen LogP contribution is 2.33. The van der Waals surface area contributed by atoms with Crippen LogP contribution in [0.25, 0.3) is 0 Å². The first-order valence-corrected chi connectivity index (χ1v) is 10.1. The summed E-state index contributed by atoms with van der Waals surface area (Å²) in [6.07, 6.45) is 2.42. The van der Waals surface area contributed by atoms with Gasteiger partial charge in [-0.25, -0.2) is 14.2 Å². The zero-order valence-corrected chi connectivity index (χ0v) is 16.0. The topological polar surface area (TPSA) is 85.8 Å². The first kappa shape index (κ1) is 18.7. The van der Waals surface area contributed by atoms with E-state index in [4.69, 9.17) is 5.11 Å². The second kappa shape index (κ2) is 7.75. The molecular formula is C19H21FN4O3S. The maximum Gasteiger partial charge on any atom is 0.323 e. The number of hydrogen-bond donors (Lipinski definition) is 2. The Morgan fingerprint density at radius 1 is 1.29 bits per heavy atom. The third-order valence-corrected chi connectivity index (χ3v) is 6.08. The molecule has 1 fully saturated rings. The van der Waals surface area contributed by atoms with Crippen LogP contribution in [0.15, 0.2) is 23.6 Å². The lowest BCUT2D eigenvalue weighted by atomic mass is 10.0. The Morgan fingerprint density at radius 2 is 2.07 bits per heavy atom. The summed E-state index contributed by atoms with van der Waals surface area (Å²) in [6, 6.07) is 5.06. The molecule has 0 spiro atoms. The lowest BCUT2D eigenvalue weighted by Crippen LogP contribution is -2.47. The first-order chi connectivity index (χ1) is 13.5. The van der Waals surface area contributed by atoms with Crippen LogP contribution >= 0.6 is 11.3 Å². The van der Waals surface area contributed by atoms with Crippen molar-refractivity contribution in [2.75, 3.05) is 29.9 Å². The third kappa shape index (κ3) is 3.94. The van der Waals surface area contributed by atoms with E-state index in [1.165, 1.54) is 23.0 Å². The zero-order valence-electron chi connectivity index (χ0n) is 15.2. The number of aromatic nitrogens is 1. The number of carboxylic acid groups (broad SMARTS) is 1. The summed E-state index contributed by atoms with van der Waals surface area (Å²) < 4.78 is 13.6. The van der Waals surface area contributed by atoms with Crippen molar-refractivity contribution in [2.24, 2.45) is 0 Å². The molecule has 0 saturated carbocycles. The van der Waals surface area contributed by atoms with E-state index in [9.17, 15) is 14.0 Å². The predicted octanol–water partition coefficient (Wildman–Crippen LogP) is 2.97. The van der Waals surface area contributed by atoms with E-state index >= 15 is 0 Å². The van der Waals surface area contributed by atoms with Crippen molar-refractivity contribution >= 4 is 34.2 Å². The number of benzene rings is 1. The number of halogens is 1. The number of amides is 2. The van der Waals surface area contributed by atoms with E-state index in [2.05, 4.69) is 15.2 Å². The molecule has 2 aliphatic rings. The van der Waals surface area contributed by atoms with Crippen LogP contribution in [-0.2, 0) is 17.6 Å². The van der Waals surface area contributed by atoms with Crippen LogP contribution in [0.3, 0.4) is 0 Å². The average Bonchev–Trinajstić information content (AvgIpc) is 3.27. The number of carboxylic acids is 1. The van der Waals surface area contributed by atoms with Gasteiger partial charge in [0.1, 0.15) is 5.82 Å². The molecule has 1 aromatic heterocycles. The Balaban J connectivity index is 1.32. The Kier molecular flexibility index (Phi) is 5.17. The summed E-state index contributed by atoms with van der Waals surface area (Å²) in [5, 5.41) is 13.6. The summed E-state index contributed by atoms with van der Waals surface area (Å²) in [6.45, 7) is 2.12. The largest absolute Gasteiger partial charge is 0.481 e. The fourth-order valence-electron chi connectivity index (χ4n) is 3.91. The minimum absolute atomic E-state index is 0.157. The number of likely N-dealkylation sites (tertiary alicyclic amines) is 1. The summed E-state index contributed by atoms with van der Waals surface area (Å²) >= 11 is 1.22. The molecule has 0 atom stereocenters. The molecule has 7 nitrogen and oxygen atoms in total. The van der Waals surface area contributed by atoms with Gasteiger partial charge < -0.3 is 14.9 Å². The van der Waals surface area contributed by atoms with Crippen LogP contribution in [0.2, 0.25) is 0 Å². The number of hydrogen-bond acceptors (Lipinski definition) is 5. The number of anilines is 2. The summed E-state index contributed by atoms with van der Waals surface area (Å²) in [5.41, 5.74) is 2.60. The van der Waals surface area contributed by atoms with E-state index in [1.807, 2.05) is 6.07 Å². The van der Waals surface area contributed by atoms with Crippen molar-refractivity contribution < 1.29 is 19.1 Å². The van der Waals surface area contributed by atoms with Gasteiger partial charge in [0.15, 0.2) is 5.13 Å². The lowest BCUT2D eigenvalue weighted by Gasteiger charge is -2.38. The third-order valence-electron chi connectivity index (χ3n) is 5.27. The van der Waals surface area contributed by atoms with E-state index in [0.717, 1.165) is 31.5 Å². The Hall–Kier alpha value is -2.68. The number of fused-ring (bicyclic) bond motifs is 1. The van der Waals surface area contributed by atoms with Gasteiger partial charge in [0.25, 0.3) is 0 Å². The van der Waals surface area contributed by atoms with Crippen molar-refractivity contribution in [1.82, 2.24) is 9.88 Å². The molecular weight excluding hydrogens is 383 g/mol. The highest BCUT2D eigenvalue weighted by Gasteiger charge is 2.31. The average molecular weight is 404 g/mol. The van der Waals surface area contributed by atoms with Gasteiger partial charge >= 0.3 is 12.0 Å². The number of carbonyl (C=O) groups excluding carboxylic acids is 1. The molecule has 28 heavy (non-hydrogen) atoms. The number of nitrogens with zero attached hydrogens (tertiary/aromatic N) is 3. The van der Waals surface area contributed by atoms with Gasteiger partial charge in [-0.1, -0.05) is 6.07 Å². The SMILES string of the molecule is O=C(O)Cc1csc(NC(=O)N2CCC(N3CCc4ccc(F)cc43)CC2)n1. The smallest absolute Gasteiger partial charge is 0.323 e. The van der Waals surface area contributed by atoms with Crippen LogP contribution in [-0.4, -0.2) is 52.7 Å². The summed E-state index contributed by atoms with van der Waals surface area (Å²) in [4.78, 5) is 31.3. The molecule has 9 heteroatoms. The number of piperidine rings is 1. The Labute approximate surface area is 165 Å². The van der Waals surface area contributed by atoms with Crippen LogP contribution in [0.5, 0.6) is 0 Å². The molecule has 0 bridgehead atoms. The summed E-state index contributed by atoms with van der Waals surface area (Å²) in [7, 11) is 0. The molecule has 1 aromatic carbocycles. The molecule has 2 aliphatic heterocycles. The second-order valence-corrected chi connectivity index (χ2v) is 7.94. The number of carbonyl (C=O) groups is 2. The second-order valence-electron chi connectivity index (χ2n) is 7.08. The lowest BCUT2D eigenvalue weighted by molar-refractivity contribution is -0.136. The van der Waals surface area contributed by atoms with Crippen LogP contribution in [0.1, 0.15) is 24.1 Å². The maximum atomic E-state index is 13.6. The van der Waals surface area contributed by atoms with Gasteiger partial charge in [0.2, 0.25) is 0 Å². The molecule has 0 radical (unpaired) electrons. The van der Waals surface area contributed by atoms with E-state index in [0.29, 0.717) is 30.0 Å². The standard InChI is InChI=1S/C19H21FN4O3S/c20-13-2-1-12-3-8-24(16(12)9-13)15-4-6-23(7-5-15)19(27)22-18-21-14(11-28-18)10-17(25)26/h1-2,9,11,15H,3-8,10H2,(H,25,26)(H,21,22,27). The maximum absolute atomic E-state index is 13.6. The van der Waals surface area contributed by atoms with Gasteiger partial charge in [-0.3, -0.25) is 10.1 Å². The molecule has 148 valence electrons. The fourth-order valence-corrected chi connectivity index (χ4v) is 4.61. The van der Waals surface area contributed by atoms with E-state index in [1.54, 1.807) is 16.3 Å². The van der Waals surface area contributed by atoms with Gasteiger partial charge in [-0.2, -0.15) is 0 Å². The van der Waals surface area contributed by atoms with Gasteiger partial charge in [-0.15, -0.1) is 11.3 Å². The van der Waals surface area contributed by atoms with Crippen molar-refractivity contribution in [3.63, 3.8) is 0 Å². The van der Waals surface area contributed by atoms with Crippen molar-refractivity contribution in [3.8, 4) is 0 Å². The van der Waals surface area contributed by atoms with Crippen molar-refractivity contribution in [1.29, 1.82) is 0 Å². The number of rotatable bonds is 4. The highest BCUT2D eigenvalue weighted by atomic mass is 32.1. The molecule has 3 heterocycles. The van der Waals surface area contributed by atoms with E-state index in [-0.39, 0.29) is 18.3 Å². The van der Waals surface area contributed by atoms with Gasteiger partial charge in [0.05, 0.1) is 12.1 Å². The quantitative estimate of drug-likeness (QED) is 0.818. The monoisotopic (exact) mass is 404 g/mol. The van der Waals surface area contributed by atoms with Gasteiger partial charge in [-0.05, 0) is 37.0 Å². The van der Waals surface area contributed by atoms with Gasteiger partial charge in [0, 0.05) is 36.7 Å². The zero-order chi connectivity index (χ0) is 19.7. The number of aliphatic carboxylic acids is 1. The minimum Gasteiger partial charge on any atom is -0.481 e.